The molecular weight excluding hydrogens is 496 g/mol. The molecule has 1 atom stereocenters. The highest BCUT2D eigenvalue weighted by Crippen LogP contribution is 2.45. The third kappa shape index (κ3) is 5.07. The lowest BCUT2D eigenvalue weighted by atomic mass is 9.92. The van der Waals surface area contributed by atoms with Gasteiger partial charge in [0.15, 0.2) is 0 Å². The van der Waals surface area contributed by atoms with Crippen LogP contribution in [0, 0.1) is 6.92 Å². The van der Waals surface area contributed by atoms with Crippen molar-refractivity contribution in [1.29, 1.82) is 0 Å². The van der Waals surface area contributed by atoms with Crippen LogP contribution in [0.15, 0.2) is 79.3 Å². The highest BCUT2D eigenvalue weighted by atomic mass is 16.1. The fourth-order valence-corrected chi connectivity index (χ4v) is 5.32. The molecule has 2 aromatic heterocycles. The highest BCUT2D eigenvalue weighted by Gasteiger charge is 2.27. The molecule has 0 bridgehead atoms. The number of hydrogen-bond acceptors (Lipinski definition) is 5. The van der Waals surface area contributed by atoms with Gasteiger partial charge in [-0.15, -0.1) is 0 Å². The van der Waals surface area contributed by atoms with Crippen LogP contribution < -0.4 is 10.6 Å². The summed E-state index contributed by atoms with van der Waals surface area (Å²) >= 11 is 0. The van der Waals surface area contributed by atoms with E-state index in [1.54, 1.807) is 0 Å². The van der Waals surface area contributed by atoms with Gasteiger partial charge in [0.2, 0.25) is 5.95 Å². The van der Waals surface area contributed by atoms with Crippen LogP contribution in [0.5, 0.6) is 0 Å². The molecule has 40 heavy (non-hydrogen) atoms. The Labute approximate surface area is 233 Å². The van der Waals surface area contributed by atoms with Gasteiger partial charge in [-0.2, -0.15) is 5.10 Å². The SMILES string of the molecule is Cc1cccc(C(=O)N[C@@H](C)c2ccc(C3CC3)c(-c3ccc4nc(Nc5cnn(C6CC6)c5)ncc4c3)c2)c1. The summed E-state index contributed by atoms with van der Waals surface area (Å²) in [7, 11) is 0. The van der Waals surface area contributed by atoms with Gasteiger partial charge in [0.25, 0.3) is 5.91 Å². The van der Waals surface area contributed by atoms with Crippen LogP contribution in [0.25, 0.3) is 22.0 Å². The Hall–Kier alpha value is -4.52. The number of benzene rings is 3. The van der Waals surface area contributed by atoms with E-state index in [4.69, 9.17) is 4.98 Å². The number of hydrogen-bond donors (Lipinski definition) is 2. The largest absolute Gasteiger partial charge is 0.346 e. The molecular formula is C33H32N6O. The molecule has 200 valence electrons. The minimum Gasteiger partial charge on any atom is -0.346 e. The van der Waals surface area contributed by atoms with Gasteiger partial charge < -0.3 is 10.6 Å². The van der Waals surface area contributed by atoms with E-state index in [0.717, 1.165) is 33.3 Å². The molecule has 2 aliphatic carbocycles. The Morgan fingerprint density at radius 1 is 1.00 bits per heavy atom. The summed E-state index contributed by atoms with van der Waals surface area (Å²) in [5.74, 6) is 1.10. The smallest absolute Gasteiger partial charge is 0.251 e. The van der Waals surface area contributed by atoms with Crippen molar-refractivity contribution in [3.63, 3.8) is 0 Å². The first-order valence-electron chi connectivity index (χ1n) is 14.1. The first-order chi connectivity index (χ1) is 19.5. The van der Waals surface area contributed by atoms with Gasteiger partial charge in [0, 0.05) is 23.3 Å². The van der Waals surface area contributed by atoms with Crippen LogP contribution in [0.3, 0.4) is 0 Å². The molecule has 0 aliphatic heterocycles. The number of amides is 1. The number of nitrogens with one attached hydrogen (secondary N) is 2. The molecule has 7 nitrogen and oxygen atoms in total. The summed E-state index contributed by atoms with van der Waals surface area (Å²) in [6, 6.07) is 21.1. The van der Waals surface area contributed by atoms with Crippen LogP contribution in [-0.2, 0) is 0 Å². The minimum atomic E-state index is -0.123. The van der Waals surface area contributed by atoms with Crippen LogP contribution >= 0.6 is 0 Å². The Kier molecular flexibility index (Phi) is 6.07. The second-order valence-electron chi connectivity index (χ2n) is 11.2. The summed E-state index contributed by atoms with van der Waals surface area (Å²) in [6.07, 6.45) is 10.6. The lowest BCUT2D eigenvalue weighted by Crippen LogP contribution is -2.26. The Balaban J connectivity index is 1.15. The van der Waals surface area contributed by atoms with Crippen molar-refractivity contribution >= 4 is 28.4 Å². The molecule has 2 saturated carbocycles. The first-order valence-corrected chi connectivity index (χ1v) is 14.1. The van der Waals surface area contributed by atoms with Gasteiger partial charge in [0.05, 0.1) is 29.5 Å². The second-order valence-corrected chi connectivity index (χ2v) is 11.2. The van der Waals surface area contributed by atoms with Gasteiger partial charge in [-0.3, -0.25) is 9.48 Å². The summed E-state index contributed by atoms with van der Waals surface area (Å²) < 4.78 is 2.01. The van der Waals surface area contributed by atoms with Crippen LogP contribution in [0.4, 0.5) is 11.6 Å². The number of aryl methyl sites for hydroxylation is 1. The normalized spacial score (nSPS) is 15.7. The molecule has 2 aliphatic rings. The van der Waals surface area contributed by atoms with Crippen LogP contribution in [-0.4, -0.2) is 25.7 Å². The van der Waals surface area contributed by atoms with Crippen LogP contribution in [0.1, 0.15) is 77.7 Å². The summed E-state index contributed by atoms with van der Waals surface area (Å²) in [4.78, 5) is 22.2. The molecule has 0 unspecified atom stereocenters. The van der Waals surface area contributed by atoms with E-state index in [0.29, 0.717) is 23.5 Å². The number of nitrogens with zero attached hydrogens (tertiary/aromatic N) is 4. The first kappa shape index (κ1) is 24.5. The standard InChI is InChI=1S/C33H32N6O/c1-20-4-3-5-25(14-20)32(40)36-21(2)23-8-12-29(22-6-7-22)30(16-23)24-9-13-31-26(15-24)17-34-33(38-31)37-27-18-35-39(19-27)28-10-11-28/h3-5,8-9,12-19,21-22,28H,6-7,10-11H2,1-2H3,(H,36,40)(H,34,37,38)/t21-/m0/s1. The lowest BCUT2D eigenvalue weighted by Gasteiger charge is -2.18. The second kappa shape index (κ2) is 9.90. The molecule has 0 spiro atoms. The average molecular weight is 529 g/mol. The van der Waals surface area contributed by atoms with Gasteiger partial charge in [-0.1, -0.05) is 35.9 Å². The number of fused-ring (bicyclic) bond motifs is 1. The van der Waals surface area contributed by atoms with Gasteiger partial charge in [-0.05, 0) is 98.0 Å². The van der Waals surface area contributed by atoms with Crippen molar-refractivity contribution in [1.82, 2.24) is 25.1 Å². The van der Waals surface area contributed by atoms with Crippen molar-refractivity contribution in [2.75, 3.05) is 5.32 Å². The van der Waals surface area contributed by atoms with E-state index >= 15 is 0 Å². The molecule has 3 aromatic carbocycles. The zero-order valence-corrected chi connectivity index (χ0v) is 22.8. The molecule has 1 amide bonds. The highest BCUT2D eigenvalue weighted by molar-refractivity contribution is 5.94. The maximum Gasteiger partial charge on any atom is 0.251 e. The molecule has 2 N–H and O–H groups in total. The third-order valence-corrected chi connectivity index (χ3v) is 7.89. The van der Waals surface area contributed by atoms with E-state index < -0.39 is 0 Å². The zero-order chi connectivity index (χ0) is 27.2. The quantitative estimate of drug-likeness (QED) is 0.222. The van der Waals surface area contributed by atoms with Crippen molar-refractivity contribution in [3.05, 3.63) is 102 Å². The van der Waals surface area contributed by atoms with E-state index in [9.17, 15) is 4.79 Å². The maximum absolute atomic E-state index is 12.9. The fraction of sp³-hybridized carbons (Fsp3) is 0.273. The minimum absolute atomic E-state index is 0.0591. The monoisotopic (exact) mass is 528 g/mol. The zero-order valence-electron chi connectivity index (χ0n) is 22.8. The predicted molar refractivity (Wildman–Crippen MR) is 158 cm³/mol. The summed E-state index contributed by atoms with van der Waals surface area (Å²) in [5.41, 5.74) is 8.36. The number of carbonyl (C=O) groups is 1. The van der Waals surface area contributed by atoms with E-state index in [1.807, 2.05) is 61.4 Å². The molecule has 2 fully saturated rings. The number of anilines is 2. The number of carbonyl (C=O) groups excluding carboxylic acids is 1. The average Bonchev–Trinajstić information content (AvgIpc) is 3.91. The van der Waals surface area contributed by atoms with Gasteiger partial charge in [0.1, 0.15) is 0 Å². The molecule has 5 aromatic rings. The third-order valence-electron chi connectivity index (χ3n) is 7.89. The lowest BCUT2D eigenvalue weighted by molar-refractivity contribution is 0.0940. The van der Waals surface area contributed by atoms with E-state index in [-0.39, 0.29) is 11.9 Å². The Morgan fingerprint density at radius 2 is 1.88 bits per heavy atom. The molecule has 0 saturated heterocycles. The van der Waals surface area contributed by atoms with Gasteiger partial charge in [-0.25, -0.2) is 9.97 Å². The number of rotatable bonds is 8. The van der Waals surface area contributed by atoms with Crippen molar-refractivity contribution < 1.29 is 4.79 Å². The van der Waals surface area contributed by atoms with Gasteiger partial charge >= 0.3 is 0 Å². The fourth-order valence-electron chi connectivity index (χ4n) is 5.32. The summed E-state index contributed by atoms with van der Waals surface area (Å²) in [6.45, 7) is 4.04. The Morgan fingerprint density at radius 3 is 2.67 bits per heavy atom. The van der Waals surface area contributed by atoms with Crippen LogP contribution in [0.2, 0.25) is 0 Å². The maximum atomic E-state index is 12.9. The molecule has 7 rings (SSSR count). The topological polar surface area (TPSA) is 84.7 Å². The predicted octanol–water partition coefficient (Wildman–Crippen LogP) is 7.25. The van der Waals surface area contributed by atoms with Crippen molar-refractivity contribution in [3.8, 4) is 11.1 Å². The molecule has 0 radical (unpaired) electrons. The molecule has 7 heteroatoms. The number of aromatic nitrogens is 4. The summed E-state index contributed by atoms with van der Waals surface area (Å²) in [5, 5.41) is 11.9. The molecule has 2 heterocycles. The van der Waals surface area contributed by atoms with Crippen molar-refractivity contribution in [2.24, 2.45) is 0 Å². The Bertz CT molecular complexity index is 1730. The van der Waals surface area contributed by atoms with E-state index in [1.165, 1.54) is 36.8 Å². The van der Waals surface area contributed by atoms with Crippen molar-refractivity contribution in [2.45, 2.75) is 57.5 Å². The van der Waals surface area contributed by atoms with E-state index in [2.05, 4.69) is 57.1 Å².